The summed E-state index contributed by atoms with van der Waals surface area (Å²) in [5, 5.41) is 0. The first-order chi connectivity index (χ1) is 31.6. The lowest BCUT2D eigenvalue weighted by molar-refractivity contribution is -0.870. The van der Waals surface area contributed by atoms with Crippen molar-refractivity contribution >= 4 is 13.8 Å². The number of carbonyl (C=O) groups is 1. The maximum Gasteiger partial charge on any atom is 0.306 e. The zero-order valence-electron chi connectivity index (χ0n) is 41.6. The number of unbranched alkanes of at least 4 members (excludes halogenated alkanes) is 8. The van der Waals surface area contributed by atoms with Gasteiger partial charge in [0.25, 0.3) is 7.82 Å². The zero-order valence-corrected chi connectivity index (χ0v) is 42.5. The summed E-state index contributed by atoms with van der Waals surface area (Å²) in [6.07, 6.45) is 69.1. The predicted octanol–water partition coefficient (Wildman–Crippen LogP) is 14.9. The van der Waals surface area contributed by atoms with E-state index in [0.29, 0.717) is 24.1 Å². The molecule has 0 radical (unpaired) electrons. The Morgan fingerprint density at radius 3 is 1.26 bits per heavy atom. The van der Waals surface area contributed by atoms with Crippen molar-refractivity contribution in [2.75, 3.05) is 54.1 Å². The molecule has 0 bridgehead atoms. The van der Waals surface area contributed by atoms with E-state index in [4.69, 9.17) is 18.5 Å². The normalized spacial score (nSPS) is 14.7. The highest BCUT2D eigenvalue weighted by Crippen LogP contribution is 2.38. The van der Waals surface area contributed by atoms with Gasteiger partial charge in [0.05, 0.1) is 34.4 Å². The molecule has 0 saturated carbocycles. The van der Waals surface area contributed by atoms with Crippen molar-refractivity contribution in [2.24, 2.45) is 0 Å². The third-order valence-electron chi connectivity index (χ3n) is 9.70. The van der Waals surface area contributed by atoms with Gasteiger partial charge in [0.15, 0.2) is 0 Å². The Morgan fingerprint density at radius 1 is 0.477 bits per heavy atom. The summed E-state index contributed by atoms with van der Waals surface area (Å²) >= 11 is 0. The summed E-state index contributed by atoms with van der Waals surface area (Å²) in [6, 6.07) is 0. The molecule has 9 heteroatoms. The number of hydrogen-bond acceptors (Lipinski definition) is 7. The van der Waals surface area contributed by atoms with E-state index in [0.717, 1.165) is 109 Å². The summed E-state index contributed by atoms with van der Waals surface area (Å²) in [4.78, 5) is 25.2. The Hall–Kier alpha value is -3.36. The van der Waals surface area contributed by atoms with E-state index >= 15 is 0 Å². The smallest absolute Gasteiger partial charge is 0.306 e. The number of phosphoric acid groups is 1. The lowest BCUT2D eigenvalue weighted by Crippen LogP contribution is -2.37. The zero-order chi connectivity index (χ0) is 47.6. The van der Waals surface area contributed by atoms with Crippen LogP contribution in [0.25, 0.3) is 0 Å². The molecule has 0 amide bonds. The molecule has 0 spiro atoms. The summed E-state index contributed by atoms with van der Waals surface area (Å²) in [5.74, 6) is -0.388. The lowest BCUT2D eigenvalue weighted by atomic mass is 10.1. The van der Waals surface area contributed by atoms with Gasteiger partial charge in [-0.1, -0.05) is 173 Å². The number of phosphoric ester groups is 1. The number of ether oxygens (including phenoxy) is 2. The highest BCUT2D eigenvalue weighted by atomic mass is 31.2. The fraction of sp³-hybridized carbons (Fsp3) is 0.589. The average Bonchev–Trinajstić information content (AvgIpc) is 3.27. The second kappa shape index (κ2) is 47.1. The molecule has 0 aliphatic heterocycles. The molecule has 0 heterocycles. The van der Waals surface area contributed by atoms with Crippen LogP contribution in [0.4, 0.5) is 0 Å². The van der Waals surface area contributed by atoms with Gasteiger partial charge in [0.2, 0.25) is 0 Å². The SMILES string of the molecule is CC/C=C\C/C=C\C/C=C\C/C=C\C/C=C\C/C=C\CCCCC(=O)OC(COCCCCCCCC/C=C\C/C=C\C/C=C\C/C=C\C/C=C\CC)COP(=O)([O-])OCC[N+](C)(C)C. The fourth-order valence-corrected chi connectivity index (χ4v) is 6.66. The molecular weight excluding hydrogens is 830 g/mol. The molecular formula is C56H92NO7P. The monoisotopic (exact) mass is 922 g/mol. The molecule has 0 rings (SSSR count). The lowest BCUT2D eigenvalue weighted by Gasteiger charge is -2.28. The fourth-order valence-electron chi connectivity index (χ4n) is 5.93. The predicted molar refractivity (Wildman–Crippen MR) is 277 cm³/mol. The van der Waals surface area contributed by atoms with Gasteiger partial charge in [-0.2, -0.15) is 0 Å². The van der Waals surface area contributed by atoms with Crippen molar-refractivity contribution < 1.29 is 37.3 Å². The largest absolute Gasteiger partial charge is 0.756 e. The Labute approximate surface area is 398 Å². The Morgan fingerprint density at radius 2 is 0.846 bits per heavy atom. The summed E-state index contributed by atoms with van der Waals surface area (Å²) in [5.41, 5.74) is 0. The van der Waals surface area contributed by atoms with Crippen LogP contribution in [0.5, 0.6) is 0 Å². The first-order valence-corrected chi connectivity index (χ1v) is 26.4. The number of carbonyl (C=O) groups excluding carboxylic acids is 1. The molecule has 0 aliphatic rings. The van der Waals surface area contributed by atoms with Crippen LogP contribution in [0.1, 0.15) is 155 Å². The quantitative estimate of drug-likeness (QED) is 0.0197. The molecule has 0 aromatic heterocycles. The highest BCUT2D eigenvalue weighted by Gasteiger charge is 2.20. The third-order valence-corrected chi connectivity index (χ3v) is 10.7. The molecule has 0 aliphatic carbocycles. The van der Waals surface area contributed by atoms with Crippen LogP contribution in [0.15, 0.2) is 134 Å². The van der Waals surface area contributed by atoms with Crippen molar-refractivity contribution in [2.45, 2.75) is 161 Å². The number of hydrogen-bond donors (Lipinski definition) is 0. The van der Waals surface area contributed by atoms with E-state index in [9.17, 15) is 14.3 Å². The molecule has 2 atom stereocenters. The van der Waals surface area contributed by atoms with Crippen LogP contribution >= 0.6 is 7.82 Å². The molecule has 2 unspecified atom stereocenters. The van der Waals surface area contributed by atoms with Crippen LogP contribution in [0, 0.1) is 0 Å². The number of esters is 1. The van der Waals surface area contributed by atoms with Crippen LogP contribution in [0.2, 0.25) is 0 Å². The topological polar surface area (TPSA) is 94.1 Å². The first kappa shape index (κ1) is 61.6. The maximum absolute atomic E-state index is 12.7. The average molecular weight is 922 g/mol. The Balaban J connectivity index is 4.33. The highest BCUT2D eigenvalue weighted by molar-refractivity contribution is 7.45. The molecule has 0 saturated heterocycles. The van der Waals surface area contributed by atoms with E-state index in [-0.39, 0.29) is 32.2 Å². The van der Waals surface area contributed by atoms with Gasteiger partial charge in [-0.05, 0) is 109 Å². The molecule has 368 valence electrons. The van der Waals surface area contributed by atoms with E-state index in [1.54, 1.807) is 0 Å². The number of quaternary nitrogens is 1. The Bertz CT molecular complexity index is 1490. The second-order valence-electron chi connectivity index (χ2n) is 17.1. The van der Waals surface area contributed by atoms with Crippen molar-refractivity contribution in [3.8, 4) is 0 Å². The van der Waals surface area contributed by atoms with Crippen LogP contribution < -0.4 is 4.89 Å². The summed E-state index contributed by atoms with van der Waals surface area (Å²) in [6.45, 7) is 5.04. The minimum absolute atomic E-state index is 0.00534. The van der Waals surface area contributed by atoms with E-state index in [2.05, 4.69) is 148 Å². The molecule has 0 fully saturated rings. The molecule has 65 heavy (non-hydrogen) atoms. The molecule has 0 aromatic rings. The van der Waals surface area contributed by atoms with Gasteiger partial charge in [-0.25, -0.2) is 0 Å². The van der Waals surface area contributed by atoms with Gasteiger partial charge in [0, 0.05) is 13.0 Å². The number of rotatable bonds is 44. The van der Waals surface area contributed by atoms with E-state index in [1.807, 2.05) is 21.1 Å². The number of likely N-dealkylation sites (N-methyl/N-ethyl adjacent to an activating group) is 1. The van der Waals surface area contributed by atoms with Gasteiger partial charge in [0.1, 0.15) is 19.3 Å². The van der Waals surface area contributed by atoms with Crippen LogP contribution in [0.3, 0.4) is 0 Å². The second-order valence-corrected chi connectivity index (χ2v) is 18.5. The number of nitrogens with zero attached hydrogens (tertiary/aromatic N) is 1. The van der Waals surface area contributed by atoms with Crippen molar-refractivity contribution in [1.82, 2.24) is 0 Å². The number of allylic oxidation sites excluding steroid dienone is 22. The van der Waals surface area contributed by atoms with Crippen molar-refractivity contribution in [1.29, 1.82) is 0 Å². The van der Waals surface area contributed by atoms with Gasteiger partial charge in [-0.15, -0.1) is 0 Å². The minimum atomic E-state index is -4.56. The first-order valence-electron chi connectivity index (χ1n) is 24.9. The van der Waals surface area contributed by atoms with Crippen LogP contribution in [-0.2, 0) is 27.9 Å². The summed E-state index contributed by atoms with van der Waals surface area (Å²) in [7, 11) is 1.29. The summed E-state index contributed by atoms with van der Waals surface area (Å²) < 4.78 is 34.6. The molecule has 0 aromatic carbocycles. The molecule has 0 N–H and O–H groups in total. The van der Waals surface area contributed by atoms with Crippen LogP contribution in [-0.4, -0.2) is 70.7 Å². The van der Waals surface area contributed by atoms with E-state index in [1.165, 1.54) is 19.3 Å². The Kier molecular flexibility index (Phi) is 44.7. The third kappa shape index (κ3) is 51.5. The molecule has 8 nitrogen and oxygen atoms in total. The van der Waals surface area contributed by atoms with Crippen molar-refractivity contribution in [3.63, 3.8) is 0 Å². The van der Waals surface area contributed by atoms with Crippen molar-refractivity contribution in [3.05, 3.63) is 134 Å². The van der Waals surface area contributed by atoms with Gasteiger partial charge in [-0.3, -0.25) is 9.36 Å². The standard InChI is InChI=1S/C56H92NO7P/c1-6-8-10-12-14-16-18-20-22-24-26-28-30-32-34-36-38-40-42-44-46-48-51-61-53-55(54-63-65(59,60)62-52-50-57(3,4)5)64-56(58)49-47-45-43-41-39-37-35-33-31-29-27-25-23-21-19-17-15-13-11-9-7-2/h8-11,14-17,20-23,26-29,32-35,39,41,55H,6-7,12-13,18-19,24-25,30-31,36-38,40,42-54H2,1-5H3/b10-8-,11-9-,16-14-,17-15-,22-20-,23-21-,28-26-,29-27-,34-32-,35-33-,41-39-. The minimum Gasteiger partial charge on any atom is -0.756 e. The maximum atomic E-state index is 12.7. The van der Waals surface area contributed by atoms with E-state index < -0.39 is 13.9 Å². The van der Waals surface area contributed by atoms with Gasteiger partial charge >= 0.3 is 5.97 Å². The van der Waals surface area contributed by atoms with Gasteiger partial charge < -0.3 is 27.9 Å².